The molecule has 0 saturated heterocycles. The molecule has 0 spiro atoms. The first-order chi connectivity index (χ1) is 5.59. The van der Waals surface area contributed by atoms with E-state index in [1.54, 1.807) is 18.2 Å². The molecule has 0 atom stereocenters. The van der Waals surface area contributed by atoms with E-state index < -0.39 is 0 Å². The van der Waals surface area contributed by atoms with Gasteiger partial charge in [0.1, 0.15) is 0 Å². The minimum atomic E-state index is 0.103. The van der Waals surface area contributed by atoms with E-state index in [0.717, 1.165) is 5.56 Å². The summed E-state index contributed by atoms with van der Waals surface area (Å²) in [5.41, 5.74) is 13.2. The third-order valence-electron chi connectivity index (χ3n) is 1.56. The average Bonchev–Trinajstić information content (AvgIpc) is 1.94. The van der Waals surface area contributed by atoms with Crippen LogP contribution in [0.3, 0.4) is 0 Å². The van der Waals surface area contributed by atoms with Crippen LogP contribution in [-0.4, -0.2) is 5.11 Å². The highest BCUT2D eigenvalue weighted by atomic mass is 16.3. The van der Waals surface area contributed by atoms with Gasteiger partial charge in [0.25, 0.3) is 0 Å². The SMILES string of the molecule is C=C(O)Cc1ccc(N)cc1N. The van der Waals surface area contributed by atoms with Gasteiger partial charge in [-0.15, -0.1) is 0 Å². The van der Waals surface area contributed by atoms with Crippen LogP contribution >= 0.6 is 0 Å². The molecule has 0 saturated carbocycles. The van der Waals surface area contributed by atoms with Crippen molar-refractivity contribution in [1.82, 2.24) is 0 Å². The predicted molar refractivity (Wildman–Crippen MR) is 50.7 cm³/mol. The zero-order chi connectivity index (χ0) is 9.14. The predicted octanol–water partition coefficient (Wildman–Crippen LogP) is 1.47. The Morgan fingerprint density at radius 2 is 2.08 bits per heavy atom. The number of benzene rings is 1. The van der Waals surface area contributed by atoms with Crippen LogP contribution < -0.4 is 11.5 Å². The first-order valence-electron chi connectivity index (χ1n) is 3.60. The second-order valence-corrected chi connectivity index (χ2v) is 2.70. The van der Waals surface area contributed by atoms with Crippen LogP contribution in [-0.2, 0) is 6.42 Å². The van der Waals surface area contributed by atoms with Gasteiger partial charge in [-0.05, 0) is 17.7 Å². The molecule has 0 amide bonds. The Kier molecular flexibility index (Phi) is 2.24. The summed E-state index contributed by atoms with van der Waals surface area (Å²) in [5, 5.41) is 8.92. The van der Waals surface area contributed by atoms with Crippen molar-refractivity contribution in [2.45, 2.75) is 6.42 Å². The van der Waals surface area contributed by atoms with Gasteiger partial charge in [0.05, 0.1) is 5.76 Å². The highest BCUT2D eigenvalue weighted by Crippen LogP contribution is 2.17. The number of nitrogen functional groups attached to an aromatic ring is 2. The first kappa shape index (κ1) is 8.46. The van der Waals surface area contributed by atoms with E-state index in [2.05, 4.69) is 6.58 Å². The van der Waals surface area contributed by atoms with E-state index in [-0.39, 0.29) is 5.76 Å². The molecular formula is C9H12N2O. The van der Waals surface area contributed by atoms with Gasteiger partial charge in [0.2, 0.25) is 0 Å². The molecule has 0 radical (unpaired) electrons. The van der Waals surface area contributed by atoms with Gasteiger partial charge in [0.15, 0.2) is 0 Å². The zero-order valence-corrected chi connectivity index (χ0v) is 6.75. The minimum absolute atomic E-state index is 0.103. The monoisotopic (exact) mass is 164 g/mol. The van der Waals surface area contributed by atoms with Crippen molar-refractivity contribution >= 4 is 11.4 Å². The van der Waals surface area contributed by atoms with Gasteiger partial charge in [-0.1, -0.05) is 12.6 Å². The van der Waals surface area contributed by atoms with E-state index in [4.69, 9.17) is 16.6 Å². The molecule has 3 heteroatoms. The molecule has 1 aromatic rings. The fourth-order valence-electron chi connectivity index (χ4n) is 0.994. The van der Waals surface area contributed by atoms with Crippen LogP contribution in [0, 0.1) is 0 Å². The van der Waals surface area contributed by atoms with Crippen LogP contribution in [0.4, 0.5) is 11.4 Å². The normalized spacial score (nSPS) is 9.67. The molecule has 0 aromatic heterocycles. The molecule has 5 N–H and O–H groups in total. The van der Waals surface area contributed by atoms with Crippen LogP contribution in [0.25, 0.3) is 0 Å². The van der Waals surface area contributed by atoms with Crippen molar-refractivity contribution in [2.75, 3.05) is 11.5 Å². The summed E-state index contributed by atoms with van der Waals surface area (Å²) in [6, 6.07) is 5.19. The van der Waals surface area contributed by atoms with Gasteiger partial charge in [0, 0.05) is 17.8 Å². The van der Waals surface area contributed by atoms with E-state index >= 15 is 0 Å². The molecule has 1 rings (SSSR count). The first-order valence-corrected chi connectivity index (χ1v) is 3.60. The summed E-state index contributed by atoms with van der Waals surface area (Å²) in [5.74, 6) is 0.103. The second-order valence-electron chi connectivity index (χ2n) is 2.70. The quantitative estimate of drug-likeness (QED) is 0.457. The number of nitrogens with two attached hydrogens (primary N) is 2. The van der Waals surface area contributed by atoms with Gasteiger partial charge < -0.3 is 16.6 Å². The molecule has 0 fully saturated rings. The third kappa shape index (κ3) is 1.92. The maximum atomic E-state index is 8.92. The summed E-state index contributed by atoms with van der Waals surface area (Å²) < 4.78 is 0. The summed E-state index contributed by atoms with van der Waals surface area (Å²) in [7, 11) is 0. The molecule has 0 aliphatic carbocycles. The minimum Gasteiger partial charge on any atom is -0.513 e. The van der Waals surface area contributed by atoms with Crippen molar-refractivity contribution in [3.8, 4) is 0 Å². The smallest absolute Gasteiger partial charge is 0.0895 e. The van der Waals surface area contributed by atoms with E-state index in [9.17, 15) is 0 Å². The van der Waals surface area contributed by atoms with Crippen LogP contribution in [0.2, 0.25) is 0 Å². The zero-order valence-electron chi connectivity index (χ0n) is 6.75. The number of hydrogen-bond acceptors (Lipinski definition) is 3. The summed E-state index contributed by atoms with van der Waals surface area (Å²) in [4.78, 5) is 0. The number of aliphatic hydroxyl groups is 1. The van der Waals surface area contributed by atoms with Gasteiger partial charge in [-0.2, -0.15) is 0 Å². The van der Waals surface area contributed by atoms with Crippen molar-refractivity contribution in [2.24, 2.45) is 0 Å². The summed E-state index contributed by atoms with van der Waals surface area (Å²) in [6.07, 6.45) is 0.381. The second kappa shape index (κ2) is 3.17. The van der Waals surface area contributed by atoms with Crippen molar-refractivity contribution < 1.29 is 5.11 Å². The molecule has 0 aliphatic heterocycles. The molecule has 12 heavy (non-hydrogen) atoms. The van der Waals surface area contributed by atoms with E-state index in [0.29, 0.717) is 17.8 Å². The van der Waals surface area contributed by atoms with Crippen molar-refractivity contribution in [3.63, 3.8) is 0 Å². The van der Waals surface area contributed by atoms with Gasteiger partial charge >= 0.3 is 0 Å². The Bertz CT molecular complexity index is 307. The number of hydrogen-bond donors (Lipinski definition) is 3. The van der Waals surface area contributed by atoms with Gasteiger partial charge in [-0.25, -0.2) is 0 Å². The highest BCUT2D eigenvalue weighted by molar-refractivity contribution is 5.57. The fraction of sp³-hybridized carbons (Fsp3) is 0.111. The number of anilines is 2. The molecule has 3 nitrogen and oxygen atoms in total. The Morgan fingerprint density at radius 3 is 2.58 bits per heavy atom. The summed E-state index contributed by atoms with van der Waals surface area (Å²) >= 11 is 0. The third-order valence-corrected chi connectivity index (χ3v) is 1.56. The Morgan fingerprint density at radius 1 is 1.42 bits per heavy atom. The lowest BCUT2D eigenvalue weighted by molar-refractivity contribution is 0.402. The largest absolute Gasteiger partial charge is 0.513 e. The van der Waals surface area contributed by atoms with Crippen molar-refractivity contribution in [1.29, 1.82) is 0 Å². The number of rotatable bonds is 2. The molecule has 0 aliphatic rings. The van der Waals surface area contributed by atoms with E-state index in [1.165, 1.54) is 0 Å². The molecule has 64 valence electrons. The van der Waals surface area contributed by atoms with Crippen LogP contribution in [0.15, 0.2) is 30.5 Å². The lowest BCUT2D eigenvalue weighted by Gasteiger charge is -2.04. The molecule has 0 bridgehead atoms. The van der Waals surface area contributed by atoms with Crippen LogP contribution in [0.1, 0.15) is 5.56 Å². The lowest BCUT2D eigenvalue weighted by atomic mass is 10.1. The van der Waals surface area contributed by atoms with Gasteiger partial charge in [-0.3, -0.25) is 0 Å². The highest BCUT2D eigenvalue weighted by Gasteiger charge is 2.00. The fourth-order valence-corrected chi connectivity index (χ4v) is 0.994. The Labute approximate surface area is 71.3 Å². The standard InChI is InChI=1S/C9H12N2O/c1-6(12)4-7-2-3-8(10)5-9(7)11/h2-3,5,12H,1,4,10-11H2. The average molecular weight is 164 g/mol. The molecule has 1 aromatic carbocycles. The number of allylic oxidation sites excluding steroid dienone is 1. The van der Waals surface area contributed by atoms with E-state index in [1.807, 2.05) is 0 Å². The Hall–Kier alpha value is -1.64. The molecular weight excluding hydrogens is 152 g/mol. The number of aliphatic hydroxyl groups excluding tert-OH is 1. The Balaban J connectivity index is 2.93. The maximum Gasteiger partial charge on any atom is 0.0895 e. The maximum absolute atomic E-state index is 8.92. The topological polar surface area (TPSA) is 72.3 Å². The molecule has 0 heterocycles. The molecule has 0 unspecified atom stereocenters. The lowest BCUT2D eigenvalue weighted by Crippen LogP contribution is -1.97. The summed E-state index contributed by atoms with van der Waals surface area (Å²) in [6.45, 7) is 3.38. The van der Waals surface area contributed by atoms with Crippen LogP contribution in [0.5, 0.6) is 0 Å². The van der Waals surface area contributed by atoms with Crippen molar-refractivity contribution in [3.05, 3.63) is 36.1 Å².